The summed E-state index contributed by atoms with van der Waals surface area (Å²) in [6.45, 7) is 0. The molecule has 1 aromatic rings. The van der Waals surface area contributed by atoms with Crippen molar-refractivity contribution in [3.8, 4) is 0 Å². The minimum absolute atomic E-state index is 0.0540. The van der Waals surface area contributed by atoms with Gasteiger partial charge in [0.25, 0.3) is 0 Å². The van der Waals surface area contributed by atoms with Crippen LogP contribution in [-0.2, 0) is 9.59 Å². The highest BCUT2D eigenvalue weighted by atomic mass is 35.5. The van der Waals surface area contributed by atoms with E-state index in [1.54, 1.807) is 0 Å². The number of benzene rings is 1. The Balaban J connectivity index is 2.86. The van der Waals surface area contributed by atoms with Gasteiger partial charge in [0, 0.05) is 11.8 Å². The normalized spacial score (nSPS) is 10.3. The van der Waals surface area contributed by atoms with E-state index in [2.05, 4.69) is 5.32 Å². The molecule has 0 heterocycles. The second-order valence-corrected chi connectivity index (χ2v) is 3.61. The second kappa shape index (κ2) is 5.83. The molecule has 0 radical (unpaired) electrons. The third-order valence-electron chi connectivity index (χ3n) is 1.87. The number of aliphatic carboxylic acids is 1. The maximum absolute atomic E-state index is 11.2. The van der Waals surface area contributed by atoms with Crippen LogP contribution in [0.4, 0.5) is 5.69 Å². The van der Waals surface area contributed by atoms with E-state index in [0.717, 1.165) is 6.08 Å². The number of carbonyl (C=O) groups excluding carboxylic acids is 3. The molecule has 6 nitrogen and oxygen atoms in total. The van der Waals surface area contributed by atoms with E-state index in [-0.39, 0.29) is 16.3 Å². The monoisotopic (exact) mass is 267 g/mol. The number of carboxylic acids is 1. The molecule has 0 aromatic heterocycles. The topological polar surface area (TPSA) is 112 Å². The number of nitrogens with one attached hydrogen (secondary N) is 1. The fraction of sp³-hybridized carbons (Fsp3) is 0. The van der Waals surface area contributed by atoms with Gasteiger partial charge in [-0.15, -0.1) is 0 Å². The summed E-state index contributed by atoms with van der Waals surface area (Å²) in [5.74, 6) is -2.91. The smallest absolute Gasteiger partial charge is 0.250 e. The van der Waals surface area contributed by atoms with Crippen LogP contribution in [-0.4, -0.2) is 17.8 Å². The van der Waals surface area contributed by atoms with Crippen molar-refractivity contribution in [2.75, 3.05) is 5.32 Å². The van der Waals surface area contributed by atoms with Crippen LogP contribution < -0.4 is 16.2 Å². The second-order valence-electron chi connectivity index (χ2n) is 3.20. The predicted octanol–water partition coefficient (Wildman–Crippen LogP) is -0.317. The van der Waals surface area contributed by atoms with Crippen LogP contribution in [0, 0.1) is 0 Å². The summed E-state index contributed by atoms with van der Waals surface area (Å²) in [5.41, 5.74) is 5.40. The molecule has 18 heavy (non-hydrogen) atoms. The van der Waals surface area contributed by atoms with Crippen LogP contribution in [0.15, 0.2) is 30.4 Å². The standard InChI is InChI=1S/C11H9ClN2O4/c12-8-2-1-6(5-7(8)11(13)18)14-9(15)3-4-10(16)17/h1-5H,(H2,13,18)(H,14,15)(H,16,17)/p-1/b4-3+. The molecular weight excluding hydrogens is 260 g/mol. The molecule has 7 heteroatoms. The van der Waals surface area contributed by atoms with E-state index >= 15 is 0 Å². The number of hydrogen-bond acceptors (Lipinski definition) is 4. The van der Waals surface area contributed by atoms with E-state index in [1.165, 1.54) is 18.2 Å². The third kappa shape index (κ3) is 3.91. The average molecular weight is 268 g/mol. The first-order chi connectivity index (χ1) is 8.40. The van der Waals surface area contributed by atoms with Crippen molar-refractivity contribution in [2.24, 2.45) is 5.73 Å². The number of carboxylic acid groups (broad SMARTS) is 1. The molecule has 0 aliphatic heterocycles. The molecule has 0 spiro atoms. The van der Waals surface area contributed by atoms with Gasteiger partial charge in [-0.1, -0.05) is 11.6 Å². The molecule has 0 saturated heterocycles. The van der Waals surface area contributed by atoms with Crippen LogP contribution >= 0.6 is 11.6 Å². The van der Waals surface area contributed by atoms with Gasteiger partial charge in [0.15, 0.2) is 0 Å². The van der Waals surface area contributed by atoms with Gasteiger partial charge in [-0.2, -0.15) is 0 Å². The molecule has 0 atom stereocenters. The number of hydrogen-bond donors (Lipinski definition) is 2. The predicted molar refractivity (Wildman–Crippen MR) is 62.7 cm³/mol. The Kier molecular flexibility index (Phi) is 4.45. The van der Waals surface area contributed by atoms with E-state index < -0.39 is 17.8 Å². The Morgan fingerprint density at radius 1 is 1.28 bits per heavy atom. The molecule has 94 valence electrons. The first kappa shape index (κ1) is 13.7. The minimum atomic E-state index is -1.49. The molecule has 0 bridgehead atoms. The van der Waals surface area contributed by atoms with E-state index in [1.807, 2.05) is 0 Å². The van der Waals surface area contributed by atoms with Crippen molar-refractivity contribution in [3.05, 3.63) is 40.9 Å². The molecule has 3 N–H and O–H groups in total. The van der Waals surface area contributed by atoms with Crippen molar-refractivity contribution in [1.29, 1.82) is 0 Å². The van der Waals surface area contributed by atoms with Crippen molar-refractivity contribution in [2.45, 2.75) is 0 Å². The lowest BCUT2D eigenvalue weighted by Crippen LogP contribution is -2.20. The number of amides is 2. The molecule has 0 aliphatic rings. The first-order valence-corrected chi connectivity index (χ1v) is 5.07. The zero-order chi connectivity index (χ0) is 13.7. The van der Waals surface area contributed by atoms with Gasteiger partial charge in [-0.05, 0) is 24.3 Å². The number of rotatable bonds is 4. The summed E-state index contributed by atoms with van der Waals surface area (Å²) in [7, 11) is 0. The van der Waals surface area contributed by atoms with Gasteiger partial charge in [-0.25, -0.2) is 0 Å². The minimum Gasteiger partial charge on any atom is -0.545 e. The number of primary amides is 1. The fourth-order valence-electron chi connectivity index (χ4n) is 1.12. The zero-order valence-electron chi connectivity index (χ0n) is 8.98. The third-order valence-corrected chi connectivity index (χ3v) is 2.20. The van der Waals surface area contributed by atoms with Crippen LogP contribution in [0.1, 0.15) is 10.4 Å². The molecule has 0 fully saturated rings. The highest BCUT2D eigenvalue weighted by Gasteiger charge is 2.08. The Bertz CT molecular complexity index is 540. The highest BCUT2D eigenvalue weighted by Crippen LogP contribution is 2.20. The molecular formula is C11H8ClN2O4-. The Hall–Kier alpha value is -2.34. The largest absolute Gasteiger partial charge is 0.545 e. The van der Waals surface area contributed by atoms with Gasteiger partial charge in [0.1, 0.15) is 0 Å². The molecule has 1 aromatic carbocycles. The number of halogens is 1. The quantitative estimate of drug-likeness (QED) is 0.728. The SMILES string of the molecule is NC(=O)c1cc(NC(=O)/C=C/C(=O)[O-])ccc1Cl. The summed E-state index contributed by atoms with van der Waals surface area (Å²) in [5, 5.41) is 12.6. The summed E-state index contributed by atoms with van der Waals surface area (Å²) in [6, 6.07) is 4.12. The molecule has 2 amide bonds. The average Bonchev–Trinajstić information content (AvgIpc) is 2.28. The van der Waals surface area contributed by atoms with Crippen molar-refractivity contribution in [1.82, 2.24) is 0 Å². The summed E-state index contributed by atoms with van der Waals surface area (Å²) in [4.78, 5) is 32.3. The van der Waals surface area contributed by atoms with Crippen molar-refractivity contribution in [3.63, 3.8) is 0 Å². The maximum Gasteiger partial charge on any atom is 0.250 e. The van der Waals surface area contributed by atoms with E-state index in [0.29, 0.717) is 6.08 Å². The highest BCUT2D eigenvalue weighted by molar-refractivity contribution is 6.34. The summed E-state index contributed by atoms with van der Waals surface area (Å²) < 4.78 is 0. The van der Waals surface area contributed by atoms with Crippen LogP contribution in [0.3, 0.4) is 0 Å². The van der Waals surface area contributed by atoms with Gasteiger partial charge in [-0.3, -0.25) is 9.59 Å². The van der Waals surface area contributed by atoms with Gasteiger partial charge >= 0.3 is 0 Å². The lowest BCUT2D eigenvalue weighted by molar-refractivity contribution is -0.297. The number of carbonyl (C=O) groups is 3. The lowest BCUT2D eigenvalue weighted by atomic mass is 10.2. The van der Waals surface area contributed by atoms with Gasteiger partial charge < -0.3 is 21.0 Å². The first-order valence-electron chi connectivity index (χ1n) is 4.69. The number of anilines is 1. The van der Waals surface area contributed by atoms with Gasteiger partial charge in [0.2, 0.25) is 11.8 Å². The van der Waals surface area contributed by atoms with E-state index in [4.69, 9.17) is 17.3 Å². The summed E-state index contributed by atoms with van der Waals surface area (Å²) in [6.07, 6.45) is 1.37. The maximum atomic E-state index is 11.2. The Labute approximate surface area is 107 Å². The molecule has 1 rings (SSSR count). The van der Waals surface area contributed by atoms with Crippen LogP contribution in [0.2, 0.25) is 5.02 Å². The zero-order valence-corrected chi connectivity index (χ0v) is 9.73. The van der Waals surface area contributed by atoms with Crippen molar-refractivity contribution >= 4 is 35.1 Å². The van der Waals surface area contributed by atoms with Gasteiger partial charge in [0.05, 0.1) is 16.6 Å². The molecule has 0 unspecified atom stereocenters. The van der Waals surface area contributed by atoms with E-state index in [9.17, 15) is 19.5 Å². The summed E-state index contributed by atoms with van der Waals surface area (Å²) >= 11 is 5.72. The fourth-order valence-corrected chi connectivity index (χ4v) is 1.33. The van der Waals surface area contributed by atoms with Crippen LogP contribution in [0.25, 0.3) is 0 Å². The lowest BCUT2D eigenvalue weighted by Gasteiger charge is -2.05. The molecule has 0 aliphatic carbocycles. The Morgan fingerprint density at radius 2 is 1.94 bits per heavy atom. The molecule has 0 saturated carbocycles. The van der Waals surface area contributed by atoms with Crippen molar-refractivity contribution < 1.29 is 19.5 Å². The van der Waals surface area contributed by atoms with Crippen LogP contribution in [0.5, 0.6) is 0 Å². The number of nitrogens with two attached hydrogens (primary N) is 1. The Morgan fingerprint density at radius 3 is 2.50 bits per heavy atom.